The number of para-hydroxylation sites is 1. The van der Waals surface area contributed by atoms with Crippen LogP contribution in [0.5, 0.6) is 0 Å². The molecule has 2 amide bonds. The summed E-state index contributed by atoms with van der Waals surface area (Å²) in [4.78, 5) is 31.6. The van der Waals surface area contributed by atoms with Crippen LogP contribution < -0.4 is 0 Å². The maximum atomic E-state index is 13.7. The van der Waals surface area contributed by atoms with Crippen molar-refractivity contribution < 1.29 is 18.0 Å². The van der Waals surface area contributed by atoms with Gasteiger partial charge in [-0.3, -0.25) is 14.5 Å². The second-order valence-corrected chi connectivity index (χ2v) is 11.3. The van der Waals surface area contributed by atoms with E-state index >= 15 is 0 Å². The number of hydrogen-bond donors (Lipinski definition) is 1. The molecule has 2 fully saturated rings. The van der Waals surface area contributed by atoms with Gasteiger partial charge < -0.3 is 4.98 Å². The van der Waals surface area contributed by atoms with Crippen LogP contribution in [0, 0.1) is 18.8 Å². The molecule has 1 aromatic heterocycles. The zero-order chi connectivity index (χ0) is 23.2. The number of rotatable bonds is 5. The number of aromatic amines is 1. The first kappa shape index (κ1) is 21.9. The third-order valence-electron chi connectivity index (χ3n) is 7.26. The van der Waals surface area contributed by atoms with Crippen LogP contribution in [-0.2, 0) is 25.8 Å². The van der Waals surface area contributed by atoms with Gasteiger partial charge in [0.05, 0.1) is 4.90 Å². The molecule has 0 unspecified atom stereocenters. The van der Waals surface area contributed by atoms with E-state index in [1.807, 2.05) is 37.4 Å². The number of nitrogens with one attached hydrogen (secondary N) is 1. The molecule has 0 radical (unpaired) electrons. The van der Waals surface area contributed by atoms with Gasteiger partial charge in [0.1, 0.15) is 5.25 Å². The fraction of sp³-hybridized carbons (Fsp3) is 0.385. The standard InChI is InChI=1S/C26H28N2O4S/c1-17-10-12-19(13-11-17)33(31,32)24-21-7-2-3-8-22(21)25(29)28(26(24)30)15-14-18-16-27-23-9-5-4-6-20(18)23/h4-6,9-13,16,21-22,24,27H,2-3,7-8,14-15H2,1H3/t21-,22+,24+/m1/s1. The van der Waals surface area contributed by atoms with Crippen LogP contribution >= 0.6 is 0 Å². The highest BCUT2D eigenvalue weighted by molar-refractivity contribution is 7.92. The monoisotopic (exact) mass is 464 g/mol. The number of aromatic nitrogens is 1. The number of carbonyl (C=O) groups excluding carboxylic acids is 2. The van der Waals surface area contributed by atoms with E-state index in [4.69, 9.17) is 0 Å². The van der Waals surface area contributed by atoms with Crippen LogP contribution in [0.3, 0.4) is 0 Å². The topological polar surface area (TPSA) is 87.3 Å². The minimum Gasteiger partial charge on any atom is -0.361 e. The SMILES string of the molecule is Cc1ccc(S(=O)(=O)[C@@H]2C(=O)N(CCc3c[nH]c4ccccc34)C(=O)[C@H]3CCCC[C@H]32)cc1. The summed E-state index contributed by atoms with van der Waals surface area (Å²) in [6.45, 7) is 2.08. The lowest BCUT2D eigenvalue weighted by Crippen LogP contribution is -2.60. The normalized spacial score (nSPS) is 23.7. The van der Waals surface area contributed by atoms with E-state index in [9.17, 15) is 18.0 Å². The summed E-state index contributed by atoms with van der Waals surface area (Å²) in [5, 5.41) is -0.153. The highest BCUT2D eigenvalue weighted by atomic mass is 32.2. The predicted octanol–water partition coefficient (Wildman–Crippen LogP) is 4.04. The molecular weight excluding hydrogens is 436 g/mol. The second kappa shape index (κ2) is 8.45. The van der Waals surface area contributed by atoms with Gasteiger partial charge in [0, 0.05) is 29.6 Å². The van der Waals surface area contributed by atoms with Gasteiger partial charge in [-0.2, -0.15) is 0 Å². The lowest BCUT2D eigenvalue weighted by atomic mass is 9.74. The lowest BCUT2D eigenvalue weighted by molar-refractivity contribution is -0.155. The van der Waals surface area contributed by atoms with Crippen LogP contribution in [0.4, 0.5) is 0 Å². The molecule has 1 aliphatic carbocycles. The Morgan fingerprint density at radius 1 is 0.970 bits per heavy atom. The number of fused-ring (bicyclic) bond motifs is 2. The Balaban J connectivity index is 1.47. The molecule has 7 heteroatoms. The third-order valence-corrected chi connectivity index (χ3v) is 9.41. The summed E-state index contributed by atoms with van der Waals surface area (Å²) in [6.07, 6.45) is 5.34. The highest BCUT2D eigenvalue weighted by Crippen LogP contribution is 2.42. The molecule has 3 atom stereocenters. The first-order chi connectivity index (χ1) is 15.9. The number of benzene rings is 2. The summed E-state index contributed by atoms with van der Waals surface area (Å²) in [5.74, 6) is -1.64. The number of H-pyrrole nitrogens is 1. The van der Waals surface area contributed by atoms with Gasteiger partial charge in [0.15, 0.2) is 9.84 Å². The number of nitrogens with zero attached hydrogens (tertiary/aromatic N) is 1. The van der Waals surface area contributed by atoms with Crippen LogP contribution in [0.2, 0.25) is 0 Å². The maximum absolute atomic E-state index is 13.7. The van der Waals surface area contributed by atoms with E-state index < -0.39 is 32.8 Å². The molecule has 33 heavy (non-hydrogen) atoms. The number of piperidine rings is 1. The largest absolute Gasteiger partial charge is 0.361 e. The Hall–Kier alpha value is -2.93. The van der Waals surface area contributed by atoms with Crippen molar-refractivity contribution in [2.24, 2.45) is 11.8 Å². The number of hydrogen-bond acceptors (Lipinski definition) is 4. The van der Waals surface area contributed by atoms with Crippen molar-refractivity contribution >= 4 is 32.6 Å². The fourth-order valence-corrected chi connectivity index (χ4v) is 7.49. The van der Waals surface area contributed by atoms with Gasteiger partial charge in [0.25, 0.3) is 0 Å². The summed E-state index contributed by atoms with van der Waals surface area (Å²) in [6, 6.07) is 14.5. The Labute approximate surface area is 193 Å². The lowest BCUT2D eigenvalue weighted by Gasteiger charge is -2.43. The number of aryl methyl sites for hydroxylation is 1. The second-order valence-electron chi connectivity index (χ2n) is 9.27. The number of imide groups is 1. The number of carbonyl (C=O) groups is 2. The van der Waals surface area contributed by atoms with Crippen molar-refractivity contribution in [1.82, 2.24) is 9.88 Å². The molecule has 1 saturated carbocycles. The Morgan fingerprint density at radius 2 is 1.70 bits per heavy atom. The fourth-order valence-electron chi connectivity index (χ4n) is 5.50. The molecule has 5 rings (SSSR count). The van der Waals surface area contributed by atoms with Crippen molar-refractivity contribution in [1.29, 1.82) is 0 Å². The molecule has 2 aliphatic rings. The summed E-state index contributed by atoms with van der Waals surface area (Å²) < 4.78 is 27.3. The smallest absolute Gasteiger partial charge is 0.248 e. The molecule has 1 N–H and O–H groups in total. The average Bonchev–Trinajstić information content (AvgIpc) is 3.22. The number of amides is 2. The maximum Gasteiger partial charge on any atom is 0.248 e. The van der Waals surface area contributed by atoms with Gasteiger partial charge in [-0.05, 0) is 55.9 Å². The van der Waals surface area contributed by atoms with E-state index in [0.717, 1.165) is 34.9 Å². The first-order valence-corrected chi connectivity index (χ1v) is 13.1. The molecular formula is C26H28N2O4S. The van der Waals surface area contributed by atoms with E-state index in [1.54, 1.807) is 24.3 Å². The summed E-state index contributed by atoms with van der Waals surface area (Å²) in [7, 11) is -3.91. The van der Waals surface area contributed by atoms with E-state index in [0.29, 0.717) is 19.3 Å². The van der Waals surface area contributed by atoms with Crippen molar-refractivity contribution in [3.63, 3.8) is 0 Å². The molecule has 2 heterocycles. The Kier molecular flexibility index (Phi) is 5.60. The van der Waals surface area contributed by atoms with Crippen LogP contribution in [0.15, 0.2) is 59.6 Å². The minimum atomic E-state index is -3.91. The molecule has 1 aliphatic heterocycles. The molecule has 0 bridgehead atoms. The van der Waals surface area contributed by atoms with Crippen LogP contribution in [0.25, 0.3) is 10.9 Å². The molecule has 3 aromatic rings. The van der Waals surface area contributed by atoms with Gasteiger partial charge in [-0.15, -0.1) is 0 Å². The van der Waals surface area contributed by atoms with Crippen molar-refractivity contribution in [2.75, 3.05) is 6.54 Å². The number of sulfone groups is 1. The van der Waals surface area contributed by atoms with Crippen LogP contribution in [-0.4, -0.2) is 41.9 Å². The number of likely N-dealkylation sites (tertiary alicyclic amines) is 1. The van der Waals surface area contributed by atoms with Gasteiger partial charge in [-0.25, -0.2) is 8.42 Å². The van der Waals surface area contributed by atoms with E-state index in [2.05, 4.69) is 4.98 Å². The zero-order valence-electron chi connectivity index (χ0n) is 18.7. The van der Waals surface area contributed by atoms with Crippen molar-refractivity contribution in [2.45, 2.75) is 49.2 Å². The highest BCUT2D eigenvalue weighted by Gasteiger charge is 2.54. The third kappa shape index (κ3) is 3.78. The average molecular weight is 465 g/mol. The van der Waals surface area contributed by atoms with E-state index in [-0.39, 0.29) is 17.3 Å². The quantitative estimate of drug-likeness (QED) is 0.578. The summed E-state index contributed by atoms with van der Waals surface area (Å²) >= 11 is 0. The van der Waals surface area contributed by atoms with E-state index in [1.165, 1.54) is 4.90 Å². The summed E-state index contributed by atoms with van der Waals surface area (Å²) in [5.41, 5.74) is 2.96. The van der Waals surface area contributed by atoms with Gasteiger partial charge >= 0.3 is 0 Å². The molecule has 172 valence electrons. The Bertz CT molecular complexity index is 1310. The first-order valence-electron chi connectivity index (χ1n) is 11.6. The molecule has 0 spiro atoms. The molecule has 2 aromatic carbocycles. The van der Waals surface area contributed by atoms with Crippen molar-refractivity contribution in [3.05, 3.63) is 65.9 Å². The predicted molar refractivity (Wildman–Crippen MR) is 126 cm³/mol. The molecule has 1 saturated heterocycles. The van der Waals surface area contributed by atoms with Crippen LogP contribution in [0.1, 0.15) is 36.8 Å². The van der Waals surface area contributed by atoms with Crippen molar-refractivity contribution in [3.8, 4) is 0 Å². The minimum absolute atomic E-state index is 0.154. The zero-order valence-corrected chi connectivity index (χ0v) is 19.5. The molecule has 6 nitrogen and oxygen atoms in total. The van der Waals surface area contributed by atoms with Gasteiger partial charge in [-0.1, -0.05) is 48.7 Å². The van der Waals surface area contributed by atoms with Gasteiger partial charge in [0.2, 0.25) is 11.8 Å². The Morgan fingerprint density at radius 3 is 2.48 bits per heavy atom.